The second-order valence-corrected chi connectivity index (χ2v) is 9.18. The Morgan fingerprint density at radius 3 is 2.57 bits per heavy atom. The molecule has 2 aromatic carbocycles. The van der Waals surface area contributed by atoms with Crippen LogP contribution in [0.1, 0.15) is 36.5 Å². The molecule has 0 N–H and O–H groups in total. The maximum atomic E-state index is 14.9. The summed E-state index contributed by atoms with van der Waals surface area (Å²) in [7, 11) is 0. The van der Waals surface area contributed by atoms with Crippen molar-refractivity contribution in [3.8, 4) is 17.0 Å². The molecule has 0 bridgehead atoms. The number of fused-ring (bicyclic) bond motifs is 5. The fourth-order valence-electron chi connectivity index (χ4n) is 3.99. The molecule has 1 aliphatic carbocycles. The van der Waals surface area contributed by atoms with Crippen molar-refractivity contribution in [1.82, 2.24) is 4.57 Å². The van der Waals surface area contributed by atoms with E-state index in [4.69, 9.17) is 9.15 Å². The number of hydrogen-bond acceptors (Lipinski definition) is 2. The Balaban J connectivity index is 1.62. The highest BCUT2D eigenvalue weighted by Gasteiger charge is 2.34. The third kappa shape index (κ3) is 2.51. The van der Waals surface area contributed by atoms with E-state index in [-0.39, 0.29) is 5.82 Å². The predicted molar refractivity (Wildman–Crippen MR) is 112 cm³/mol. The number of benzene rings is 2. The van der Waals surface area contributed by atoms with Crippen LogP contribution in [-0.2, 0) is 0 Å². The fraction of sp³-hybridized carbons (Fsp3) is 0.182. The average Bonchev–Trinajstić information content (AvgIpc) is 3.26. The van der Waals surface area contributed by atoms with E-state index < -0.39 is 6.23 Å². The lowest BCUT2D eigenvalue weighted by atomic mass is 10.1. The monoisotopic (exact) mass is 501 g/mol. The van der Waals surface area contributed by atoms with Crippen LogP contribution in [0.2, 0.25) is 0 Å². The Morgan fingerprint density at radius 1 is 0.929 bits per heavy atom. The number of hydrogen-bond donors (Lipinski definition) is 0. The standard InChI is InChI=1S/C22H14Br2FNO2/c23-13-3-4-16-12(7-13)8-17-21-15(25)9-14(24)10-20(21)28-22(26(16)17)19-6-5-18(27-19)11-1-2-11/h3-11,22H,1-2H2. The normalized spacial score (nSPS) is 18.0. The van der Waals surface area contributed by atoms with Gasteiger partial charge in [-0.1, -0.05) is 31.9 Å². The fourth-order valence-corrected chi connectivity index (χ4v) is 4.78. The highest BCUT2D eigenvalue weighted by Crippen LogP contribution is 2.48. The van der Waals surface area contributed by atoms with Crippen LogP contribution >= 0.6 is 31.9 Å². The van der Waals surface area contributed by atoms with E-state index in [9.17, 15) is 4.39 Å². The summed E-state index contributed by atoms with van der Waals surface area (Å²) in [5.41, 5.74) is 2.23. The van der Waals surface area contributed by atoms with Gasteiger partial charge in [0.15, 0.2) is 5.76 Å². The third-order valence-corrected chi connectivity index (χ3v) is 6.37. The molecule has 1 fully saturated rings. The van der Waals surface area contributed by atoms with Gasteiger partial charge in [0.1, 0.15) is 17.3 Å². The smallest absolute Gasteiger partial charge is 0.235 e. The van der Waals surface area contributed by atoms with Crippen LogP contribution in [0.25, 0.3) is 22.2 Å². The lowest BCUT2D eigenvalue weighted by Crippen LogP contribution is -2.22. The van der Waals surface area contributed by atoms with Crippen LogP contribution in [0, 0.1) is 5.82 Å². The van der Waals surface area contributed by atoms with Crippen molar-refractivity contribution in [2.75, 3.05) is 0 Å². The van der Waals surface area contributed by atoms with E-state index in [1.165, 1.54) is 18.9 Å². The van der Waals surface area contributed by atoms with Gasteiger partial charge in [0.25, 0.3) is 0 Å². The number of aromatic nitrogens is 1. The van der Waals surface area contributed by atoms with E-state index in [1.807, 2.05) is 47.0 Å². The van der Waals surface area contributed by atoms with Crippen LogP contribution in [0.5, 0.6) is 5.75 Å². The molecule has 1 unspecified atom stereocenters. The molecular weight excluding hydrogens is 489 g/mol. The molecule has 2 aliphatic rings. The SMILES string of the molecule is Fc1cc(Br)cc2c1-c1cc3cc(Br)ccc3n1C(c1ccc(C3CC3)o1)O2. The lowest BCUT2D eigenvalue weighted by Gasteiger charge is -2.29. The molecule has 3 nitrogen and oxygen atoms in total. The Bertz CT molecular complexity index is 1260. The minimum absolute atomic E-state index is 0.316. The Hall–Kier alpha value is -2.05. The van der Waals surface area contributed by atoms with E-state index >= 15 is 0 Å². The van der Waals surface area contributed by atoms with Crippen LogP contribution in [0.3, 0.4) is 0 Å². The van der Waals surface area contributed by atoms with Crippen LogP contribution in [0.15, 0.2) is 61.9 Å². The second-order valence-electron chi connectivity index (χ2n) is 7.35. The number of ether oxygens (including phenoxy) is 1. The maximum Gasteiger partial charge on any atom is 0.235 e. The quantitative estimate of drug-likeness (QED) is 0.286. The summed E-state index contributed by atoms with van der Waals surface area (Å²) in [6.07, 6.45) is 1.86. The molecule has 1 saturated carbocycles. The topological polar surface area (TPSA) is 27.3 Å². The summed E-state index contributed by atoms with van der Waals surface area (Å²) >= 11 is 6.90. The number of rotatable bonds is 2. The molecule has 6 rings (SSSR count). The summed E-state index contributed by atoms with van der Waals surface area (Å²) in [6, 6.07) is 15.3. The van der Waals surface area contributed by atoms with E-state index in [2.05, 4.69) is 31.9 Å². The van der Waals surface area contributed by atoms with Gasteiger partial charge in [-0.25, -0.2) is 4.39 Å². The summed E-state index contributed by atoms with van der Waals surface area (Å²) < 4.78 is 31.0. The van der Waals surface area contributed by atoms with Gasteiger partial charge in [0.2, 0.25) is 6.23 Å². The van der Waals surface area contributed by atoms with Gasteiger partial charge in [-0.15, -0.1) is 0 Å². The van der Waals surface area contributed by atoms with Crippen molar-refractivity contribution in [3.05, 3.63) is 74.8 Å². The van der Waals surface area contributed by atoms with E-state index in [1.54, 1.807) is 0 Å². The molecular formula is C22H14Br2FNO2. The van der Waals surface area contributed by atoms with Gasteiger partial charge in [0.05, 0.1) is 16.8 Å². The lowest BCUT2D eigenvalue weighted by molar-refractivity contribution is 0.143. The first kappa shape index (κ1) is 16.9. The first-order chi connectivity index (χ1) is 13.6. The third-order valence-electron chi connectivity index (χ3n) is 5.42. The zero-order valence-corrected chi connectivity index (χ0v) is 17.8. The van der Waals surface area contributed by atoms with Gasteiger partial charge in [-0.3, -0.25) is 4.57 Å². The summed E-state index contributed by atoms with van der Waals surface area (Å²) in [5.74, 6) is 2.45. The number of nitrogens with zero attached hydrogens (tertiary/aromatic N) is 1. The van der Waals surface area contributed by atoms with Crippen molar-refractivity contribution in [1.29, 1.82) is 0 Å². The van der Waals surface area contributed by atoms with Gasteiger partial charge in [-0.2, -0.15) is 0 Å². The van der Waals surface area contributed by atoms with Gasteiger partial charge >= 0.3 is 0 Å². The highest BCUT2D eigenvalue weighted by molar-refractivity contribution is 9.10. The summed E-state index contributed by atoms with van der Waals surface area (Å²) in [4.78, 5) is 0. The average molecular weight is 503 g/mol. The number of halogens is 3. The molecule has 140 valence electrons. The molecule has 6 heteroatoms. The zero-order chi connectivity index (χ0) is 19.0. The zero-order valence-electron chi connectivity index (χ0n) is 14.6. The second kappa shape index (κ2) is 5.97. The van der Waals surface area contributed by atoms with Crippen molar-refractivity contribution >= 4 is 42.8 Å². The number of furan rings is 1. The van der Waals surface area contributed by atoms with Gasteiger partial charge < -0.3 is 9.15 Å². The Labute approximate surface area is 177 Å². The first-order valence-corrected chi connectivity index (χ1v) is 10.7. The Kier molecular flexibility index (Phi) is 3.60. The Morgan fingerprint density at radius 2 is 1.75 bits per heavy atom. The van der Waals surface area contributed by atoms with Crippen LogP contribution in [-0.4, -0.2) is 4.57 Å². The molecule has 0 radical (unpaired) electrons. The summed E-state index contributed by atoms with van der Waals surface area (Å²) in [6.45, 7) is 0. The minimum atomic E-state index is -0.484. The molecule has 1 atom stereocenters. The van der Waals surface area contributed by atoms with Crippen molar-refractivity contribution in [2.24, 2.45) is 0 Å². The molecule has 2 aromatic heterocycles. The molecule has 3 heterocycles. The van der Waals surface area contributed by atoms with Gasteiger partial charge in [0, 0.05) is 20.2 Å². The van der Waals surface area contributed by atoms with E-state index in [0.29, 0.717) is 21.7 Å². The van der Waals surface area contributed by atoms with Crippen molar-refractivity contribution in [3.63, 3.8) is 0 Å². The van der Waals surface area contributed by atoms with Crippen LogP contribution in [0.4, 0.5) is 4.39 Å². The molecule has 0 amide bonds. The minimum Gasteiger partial charge on any atom is -0.462 e. The van der Waals surface area contributed by atoms with E-state index in [0.717, 1.165) is 32.6 Å². The summed E-state index contributed by atoms with van der Waals surface area (Å²) in [5, 5.41) is 1.02. The molecule has 0 spiro atoms. The van der Waals surface area contributed by atoms with Gasteiger partial charge in [-0.05, 0) is 61.4 Å². The maximum absolute atomic E-state index is 14.9. The largest absolute Gasteiger partial charge is 0.462 e. The van der Waals surface area contributed by atoms with Crippen LogP contribution < -0.4 is 4.74 Å². The molecule has 1 aliphatic heterocycles. The molecule has 4 aromatic rings. The van der Waals surface area contributed by atoms with Crippen molar-refractivity contribution < 1.29 is 13.5 Å². The molecule has 0 saturated heterocycles. The van der Waals surface area contributed by atoms with Crippen molar-refractivity contribution in [2.45, 2.75) is 25.0 Å². The molecule has 28 heavy (non-hydrogen) atoms. The predicted octanol–water partition coefficient (Wildman–Crippen LogP) is 7.38. The first-order valence-electron chi connectivity index (χ1n) is 9.15. The highest BCUT2D eigenvalue weighted by atomic mass is 79.9.